The molecule has 0 saturated heterocycles. The van der Waals surface area contributed by atoms with Crippen LogP contribution < -0.4 is 5.73 Å². The minimum Gasteiger partial charge on any atom is -0.338 e. The molecule has 3 nitrogen and oxygen atoms in total. The van der Waals surface area contributed by atoms with E-state index in [4.69, 9.17) is 5.73 Å². The maximum atomic E-state index is 13.1. The molecular weight excluding hydrogens is 207 g/mol. The van der Waals surface area contributed by atoms with E-state index >= 15 is 0 Å². The molecule has 4 heteroatoms. The lowest BCUT2D eigenvalue weighted by molar-refractivity contribution is 0.0747. The minimum absolute atomic E-state index is 0.0600. The fourth-order valence-corrected chi connectivity index (χ4v) is 1.37. The van der Waals surface area contributed by atoms with Crippen LogP contribution in [0.4, 0.5) is 4.39 Å². The van der Waals surface area contributed by atoms with E-state index in [1.807, 2.05) is 6.92 Å². The largest absolute Gasteiger partial charge is 0.338 e. The third-order valence-corrected chi connectivity index (χ3v) is 2.75. The fraction of sp³-hybridized carbons (Fsp3) is 0.417. The van der Waals surface area contributed by atoms with E-state index in [2.05, 4.69) is 0 Å². The standard InChI is InChI=1S/C12H17FN2O/c1-8-4-5-10(13)6-11(8)12(16)15(3)9(2)7-14/h4-6,9H,7,14H2,1-3H3. The maximum Gasteiger partial charge on any atom is 0.254 e. The van der Waals surface area contributed by atoms with E-state index in [-0.39, 0.29) is 11.9 Å². The number of nitrogens with two attached hydrogens (primary N) is 1. The van der Waals surface area contributed by atoms with Crippen LogP contribution in [0.5, 0.6) is 0 Å². The molecule has 0 heterocycles. The van der Waals surface area contributed by atoms with Crippen LogP contribution in [0.2, 0.25) is 0 Å². The molecule has 88 valence electrons. The van der Waals surface area contributed by atoms with Crippen LogP contribution in [-0.4, -0.2) is 30.4 Å². The van der Waals surface area contributed by atoms with Crippen molar-refractivity contribution in [2.24, 2.45) is 5.73 Å². The van der Waals surface area contributed by atoms with Crippen molar-refractivity contribution in [1.29, 1.82) is 0 Å². The summed E-state index contributed by atoms with van der Waals surface area (Å²) in [5, 5.41) is 0. The first-order valence-corrected chi connectivity index (χ1v) is 5.20. The summed E-state index contributed by atoms with van der Waals surface area (Å²) in [7, 11) is 1.67. The molecule has 0 radical (unpaired) electrons. The molecule has 1 unspecified atom stereocenters. The van der Waals surface area contributed by atoms with Gasteiger partial charge < -0.3 is 10.6 Å². The Morgan fingerprint density at radius 1 is 1.56 bits per heavy atom. The zero-order chi connectivity index (χ0) is 12.3. The Balaban J connectivity index is 3.00. The molecule has 1 rings (SSSR count). The number of amides is 1. The molecule has 2 N–H and O–H groups in total. The molecule has 16 heavy (non-hydrogen) atoms. The maximum absolute atomic E-state index is 13.1. The fourth-order valence-electron chi connectivity index (χ4n) is 1.37. The lowest BCUT2D eigenvalue weighted by atomic mass is 10.1. The molecule has 1 aromatic carbocycles. The zero-order valence-electron chi connectivity index (χ0n) is 9.83. The normalized spacial score (nSPS) is 12.3. The molecular formula is C12H17FN2O. The number of halogens is 1. The Bertz CT molecular complexity index is 393. The van der Waals surface area contributed by atoms with E-state index in [1.165, 1.54) is 17.0 Å². The first-order chi connectivity index (χ1) is 7.47. The van der Waals surface area contributed by atoms with Crippen LogP contribution in [0.3, 0.4) is 0 Å². The molecule has 0 aliphatic carbocycles. The van der Waals surface area contributed by atoms with Crippen LogP contribution in [-0.2, 0) is 0 Å². The summed E-state index contributed by atoms with van der Waals surface area (Å²) in [6.45, 7) is 4.02. The van der Waals surface area contributed by atoms with Crippen LogP contribution in [0.25, 0.3) is 0 Å². The average Bonchev–Trinajstić information content (AvgIpc) is 2.29. The highest BCUT2D eigenvalue weighted by Gasteiger charge is 2.18. The smallest absolute Gasteiger partial charge is 0.254 e. The van der Waals surface area contributed by atoms with Gasteiger partial charge in [0.1, 0.15) is 5.82 Å². The lowest BCUT2D eigenvalue weighted by Crippen LogP contribution is -2.40. The van der Waals surface area contributed by atoms with Crippen LogP contribution in [0.15, 0.2) is 18.2 Å². The summed E-state index contributed by atoms with van der Waals surface area (Å²) < 4.78 is 13.1. The van der Waals surface area contributed by atoms with Gasteiger partial charge in [-0.15, -0.1) is 0 Å². The number of carbonyl (C=O) groups is 1. The van der Waals surface area contributed by atoms with Gasteiger partial charge in [-0.2, -0.15) is 0 Å². The van der Waals surface area contributed by atoms with E-state index in [0.717, 1.165) is 5.56 Å². The van der Waals surface area contributed by atoms with E-state index in [0.29, 0.717) is 12.1 Å². The number of likely N-dealkylation sites (N-methyl/N-ethyl adjacent to an activating group) is 1. The first-order valence-electron chi connectivity index (χ1n) is 5.20. The van der Waals surface area contributed by atoms with E-state index in [1.54, 1.807) is 20.0 Å². The second-order valence-electron chi connectivity index (χ2n) is 3.96. The highest BCUT2D eigenvalue weighted by molar-refractivity contribution is 5.95. The quantitative estimate of drug-likeness (QED) is 0.846. The molecule has 1 aromatic rings. The number of nitrogens with zero attached hydrogens (tertiary/aromatic N) is 1. The van der Waals surface area contributed by atoms with Crippen LogP contribution in [0.1, 0.15) is 22.8 Å². The average molecular weight is 224 g/mol. The topological polar surface area (TPSA) is 46.3 Å². The molecule has 0 aliphatic rings. The van der Waals surface area contributed by atoms with Crippen molar-refractivity contribution in [1.82, 2.24) is 4.90 Å². The van der Waals surface area contributed by atoms with Crippen molar-refractivity contribution in [3.8, 4) is 0 Å². The number of hydrogen-bond acceptors (Lipinski definition) is 2. The SMILES string of the molecule is Cc1ccc(F)cc1C(=O)N(C)C(C)CN. The molecule has 0 saturated carbocycles. The van der Waals surface area contributed by atoms with Crippen LogP contribution >= 0.6 is 0 Å². The van der Waals surface area contributed by atoms with Gasteiger partial charge in [0.15, 0.2) is 0 Å². The second-order valence-corrected chi connectivity index (χ2v) is 3.96. The van der Waals surface area contributed by atoms with Gasteiger partial charge in [0.25, 0.3) is 5.91 Å². The summed E-state index contributed by atoms with van der Waals surface area (Å²) in [5.41, 5.74) is 6.65. The van der Waals surface area contributed by atoms with Crippen molar-refractivity contribution < 1.29 is 9.18 Å². The lowest BCUT2D eigenvalue weighted by Gasteiger charge is -2.24. The second kappa shape index (κ2) is 5.07. The van der Waals surface area contributed by atoms with Gasteiger partial charge in [0, 0.05) is 25.2 Å². The highest BCUT2D eigenvalue weighted by atomic mass is 19.1. The van der Waals surface area contributed by atoms with Gasteiger partial charge in [-0.3, -0.25) is 4.79 Å². The summed E-state index contributed by atoms with van der Waals surface area (Å²) in [5.74, 6) is -0.599. The summed E-state index contributed by atoms with van der Waals surface area (Å²) >= 11 is 0. The highest BCUT2D eigenvalue weighted by Crippen LogP contribution is 2.13. The molecule has 1 atom stereocenters. The van der Waals surface area contributed by atoms with Crippen LogP contribution in [0, 0.1) is 12.7 Å². The van der Waals surface area contributed by atoms with E-state index < -0.39 is 5.82 Å². The number of carbonyl (C=O) groups excluding carboxylic acids is 1. The third-order valence-electron chi connectivity index (χ3n) is 2.75. The van der Waals surface area contributed by atoms with Gasteiger partial charge in [-0.05, 0) is 31.5 Å². The molecule has 1 amide bonds. The summed E-state index contributed by atoms with van der Waals surface area (Å²) in [4.78, 5) is 13.6. The molecule has 0 spiro atoms. The summed E-state index contributed by atoms with van der Waals surface area (Å²) in [6, 6.07) is 4.15. The molecule has 0 fully saturated rings. The number of benzene rings is 1. The zero-order valence-corrected chi connectivity index (χ0v) is 9.83. The van der Waals surface area contributed by atoms with Crippen molar-refractivity contribution in [2.75, 3.05) is 13.6 Å². The third kappa shape index (κ3) is 2.58. The van der Waals surface area contributed by atoms with Crippen molar-refractivity contribution in [2.45, 2.75) is 19.9 Å². The minimum atomic E-state index is -0.400. The van der Waals surface area contributed by atoms with Gasteiger partial charge >= 0.3 is 0 Å². The number of rotatable bonds is 3. The molecule has 0 aliphatic heterocycles. The van der Waals surface area contributed by atoms with Gasteiger partial charge in [0.2, 0.25) is 0 Å². The first kappa shape index (κ1) is 12.6. The number of aryl methyl sites for hydroxylation is 1. The van der Waals surface area contributed by atoms with Gasteiger partial charge in [-0.1, -0.05) is 6.07 Å². The Labute approximate surface area is 95.0 Å². The van der Waals surface area contributed by atoms with Crippen molar-refractivity contribution in [3.63, 3.8) is 0 Å². The summed E-state index contributed by atoms with van der Waals surface area (Å²) in [6.07, 6.45) is 0. The Hall–Kier alpha value is -1.42. The Morgan fingerprint density at radius 3 is 2.75 bits per heavy atom. The van der Waals surface area contributed by atoms with E-state index in [9.17, 15) is 9.18 Å². The van der Waals surface area contributed by atoms with Gasteiger partial charge in [0.05, 0.1) is 0 Å². The predicted octanol–water partition coefficient (Wildman–Crippen LogP) is 1.55. The monoisotopic (exact) mass is 224 g/mol. The van der Waals surface area contributed by atoms with Crippen molar-refractivity contribution >= 4 is 5.91 Å². The number of hydrogen-bond donors (Lipinski definition) is 1. The molecule has 0 bridgehead atoms. The van der Waals surface area contributed by atoms with Crippen molar-refractivity contribution in [3.05, 3.63) is 35.1 Å². The molecule has 0 aromatic heterocycles. The Kier molecular flexibility index (Phi) is 4.01. The predicted molar refractivity (Wildman–Crippen MR) is 61.7 cm³/mol. The van der Waals surface area contributed by atoms with Gasteiger partial charge in [-0.25, -0.2) is 4.39 Å². The Morgan fingerprint density at radius 2 is 2.19 bits per heavy atom.